The Balaban J connectivity index is 2.29. The first-order valence-corrected chi connectivity index (χ1v) is 5.93. The summed E-state index contributed by atoms with van der Waals surface area (Å²) >= 11 is 0. The number of rotatable bonds is 4. The highest BCUT2D eigenvalue weighted by Crippen LogP contribution is 2.34. The minimum Gasteiger partial charge on any atom is -0.476 e. The van der Waals surface area contributed by atoms with Gasteiger partial charge in [-0.15, -0.1) is 0 Å². The van der Waals surface area contributed by atoms with Crippen LogP contribution in [0, 0.1) is 16.0 Å². The van der Waals surface area contributed by atoms with E-state index >= 15 is 0 Å². The number of nitrogens with one attached hydrogen (secondary N) is 1. The van der Waals surface area contributed by atoms with E-state index in [2.05, 4.69) is 22.2 Å². The van der Waals surface area contributed by atoms with Gasteiger partial charge in [0.05, 0.1) is 12.0 Å². The van der Waals surface area contributed by atoms with Gasteiger partial charge in [-0.2, -0.15) is 4.98 Å². The number of aromatic nitrogens is 2. The van der Waals surface area contributed by atoms with Gasteiger partial charge in [0.15, 0.2) is 0 Å². The summed E-state index contributed by atoms with van der Waals surface area (Å²) in [4.78, 5) is 18.3. The van der Waals surface area contributed by atoms with Crippen molar-refractivity contribution in [2.45, 2.75) is 32.2 Å². The maximum Gasteiger partial charge on any atom is 0.372 e. The van der Waals surface area contributed by atoms with Gasteiger partial charge >= 0.3 is 5.69 Å². The predicted octanol–water partition coefficient (Wildman–Crippen LogP) is 1.99. The van der Waals surface area contributed by atoms with Gasteiger partial charge in [-0.1, -0.05) is 13.3 Å². The number of nitro groups is 1. The molecular formula is C11H16N4O3. The zero-order valence-electron chi connectivity index (χ0n) is 10.4. The minimum atomic E-state index is -0.513. The lowest BCUT2D eigenvalue weighted by Gasteiger charge is -2.17. The molecule has 2 rings (SSSR count). The molecule has 1 aromatic heterocycles. The van der Waals surface area contributed by atoms with Gasteiger partial charge in [0, 0.05) is 6.04 Å². The summed E-state index contributed by atoms with van der Waals surface area (Å²) < 4.78 is 4.91. The molecule has 1 saturated carbocycles. The minimum absolute atomic E-state index is 0.0110. The van der Waals surface area contributed by atoms with Crippen LogP contribution in [-0.2, 0) is 0 Å². The number of ether oxygens (including phenoxy) is 1. The van der Waals surface area contributed by atoms with Gasteiger partial charge in [-0.25, -0.2) is 4.98 Å². The van der Waals surface area contributed by atoms with Crippen LogP contribution in [0.3, 0.4) is 0 Å². The number of methoxy groups -OCH3 is 1. The van der Waals surface area contributed by atoms with E-state index in [0.29, 0.717) is 5.92 Å². The van der Waals surface area contributed by atoms with Crippen LogP contribution >= 0.6 is 0 Å². The van der Waals surface area contributed by atoms with E-state index in [4.69, 9.17) is 4.74 Å². The molecule has 0 radical (unpaired) electrons. The molecule has 0 bridgehead atoms. The lowest BCUT2D eigenvalue weighted by molar-refractivity contribution is -0.385. The molecule has 1 aliphatic carbocycles. The summed E-state index contributed by atoms with van der Waals surface area (Å²) in [5, 5.41) is 14.2. The van der Waals surface area contributed by atoms with E-state index in [1.165, 1.54) is 13.4 Å². The average molecular weight is 252 g/mol. The van der Waals surface area contributed by atoms with Crippen LogP contribution in [0.1, 0.15) is 26.2 Å². The predicted molar refractivity (Wildman–Crippen MR) is 65.7 cm³/mol. The first-order valence-electron chi connectivity index (χ1n) is 5.93. The maximum atomic E-state index is 11.1. The third-order valence-electron chi connectivity index (χ3n) is 3.35. The van der Waals surface area contributed by atoms with E-state index in [1.807, 2.05) is 0 Å². The topological polar surface area (TPSA) is 90.2 Å². The summed E-state index contributed by atoms with van der Waals surface area (Å²) in [5.74, 6) is 0.722. The molecule has 0 aliphatic heterocycles. The van der Waals surface area contributed by atoms with Crippen LogP contribution in [0.15, 0.2) is 6.33 Å². The van der Waals surface area contributed by atoms with Crippen molar-refractivity contribution in [1.29, 1.82) is 0 Å². The molecule has 1 heterocycles. The Labute approximate surface area is 105 Å². The molecule has 2 unspecified atom stereocenters. The first-order chi connectivity index (χ1) is 8.63. The van der Waals surface area contributed by atoms with Crippen LogP contribution < -0.4 is 10.1 Å². The molecule has 0 saturated heterocycles. The Hall–Kier alpha value is -1.92. The van der Waals surface area contributed by atoms with Gasteiger partial charge in [-0.3, -0.25) is 10.1 Å². The van der Waals surface area contributed by atoms with Gasteiger partial charge in [0.25, 0.3) is 5.88 Å². The standard InChI is InChI=1S/C11H16N4O3/c1-7-4-3-5-8(7)14-10-9(15(16)17)11(18-2)13-6-12-10/h6-8H,3-5H2,1-2H3,(H,12,13,14). The molecule has 98 valence electrons. The van der Waals surface area contributed by atoms with Crippen molar-refractivity contribution >= 4 is 11.5 Å². The van der Waals surface area contributed by atoms with Gasteiger partial charge in [0.1, 0.15) is 6.33 Å². The van der Waals surface area contributed by atoms with Crippen molar-refractivity contribution in [3.8, 4) is 5.88 Å². The van der Waals surface area contributed by atoms with E-state index in [0.717, 1.165) is 19.3 Å². The molecule has 18 heavy (non-hydrogen) atoms. The molecule has 1 aliphatic rings. The molecule has 2 atom stereocenters. The fraction of sp³-hybridized carbons (Fsp3) is 0.636. The Bertz CT molecular complexity index is 452. The lowest BCUT2D eigenvalue weighted by Crippen LogP contribution is -2.23. The Morgan fingerprint density at radius 1 is 1.50 bits per heavy atom. The maximum absolute atomic E-state index is 11.1. The largest absolute Gasteiger partial charge is 0.476 e. The molecular weight excluding hydrogens is 236 g/mol. The molecule has 0 aromatic carbocycles. The van der Waals surface area contributed by atoms with E-state index in [9.17, 15) is 10.1 Å². The zero-order valence-corrected chi connectivity index (χ0v) is 10.4. The number of hydrogen-bond donors (Lipinski definition) is 1. The lowest BCUT2D eigenvalue weighted by atomic mass is 10.1. The fourth-order valence-electron chi connectivity index (χ4n) is 2.32. The highest BCUT2D eigenvalue weighted by Gasteiger charge is 2.29. The molecule has 0 spiro atoms. The van der Waals surface area contributed by atoms with Crippen molar-refractivity contribution < 1.29 is 9.66 Å². The summed E-state index contributed by atoms with van der Waals surface area (Å²) in [5.41, 5.74) is -0.195. The van der Waals surface area contributed by atoms with Crippen LogP contribution in [-0.4, -0.2) is 28.0 Å². The fourth-order valence-corrected chi connectivity index (χ4v) is 2.32. The number of anilines is 1. The van der Waals surface area contributed by atoms with Crippen molar-refractivity contribution in [3.63, 3.8) is 0 Å². The highest BCUT2D eigenvalue weighted by molar-refractivity contribution is 5.61. The van der Waals surface area contributed by atoms with Crippen molar-refractivity contribution in [3.05, 3.63) is 16.4 Å². The third-order valence-corrected chi connectivity index (χ3v) is 3.35. The van der Waals surface area contributed by atoms with E-state index in [1.54, 1.807) is 0 Å². The van der Waals surface area contributed by atoms with Crippen molar-refractivity contribution in [1.82, 2.24) is 9.97 Å². The summed E-state index contributed by atoms with van der Waals surface area (Å²) in [6.07, 6.45) is 4.54. The first kappa shape index (κ1) is 12.5. The SMILES string of the molecule is COc1ncnc(NC2CCCC2C)c1[N+](=O)[O-]. The quantitative estimate of drug-likeness (QED) is 0.651. The molecule has 7 heteroatoms. The molecule has 1 fully saturated rings. The summed E-state index contributed by atoms with van der Waals surface area (Å²) in [6, 6.07) is 0.225. The van der Waals surface area contributed by atoms with E-state index in [-0.39, 0.29) is 23.4 Å². The monoisotopic (exact) mass is 252 g/mol. The number of nitrogens with zero attached hydrogens (tertiary/aromatic N) is 3. The smallest absolute Gasteiger partial charge is 0.372 e. The van der Waals surface area contributed by atoms with Crippen LogP contribution in [0.4, 0.5) is 11.5 Å². The van der Waals surface area contributed by atoms with Gasteiger partial charge < -0.3 is 10.1 Å². The second kappa shape index (κ2) is 5.16. The molecule has 7 nitrogen and oxygen atoms in total. The summed E-state index contributed by atoms with van der Waals surface area (Å²) in [7, 11) is 1.36. The van der Waals surface area contributed by atoms with Crippen LogP contribution in [0.25, 0.3) is 0 Å². The number of hydrogen-bond acceptors (Lipinski definition) is 6. The normalized spacial score (nSPS) is 22.8. The van der Waals surface area contributed by atoms with Crippen molar-refractivity contribution in [2.75, 3.05) is 12.4 Å². The second-order valence-corrected chi connectivity index (χ2v) is 4.50. The Morgan fingerprint density at radius 3 is 2.83 bits per heavy atom. The highest BCUT2D eigenvalue weighted by atomic mass is 16.6. The molecule has 0 amide bonds. The van der Waals surface area contributed by atoms with Crippen LogP contribution in [0.5, 0.6) is 5.88 Å². The Morgan fingerprint density at radius 2 is 2.28 bits per heavy atom. The van der Waals surface area contributed by atoms with Gasteiger partial charge in [-0.05, 0) is 18.8 Å². The van der Waals surface area contributed by atoms with Gasteiger partial charge in [0.2, 0.25) is 5.82 Å². The van der Waals surface area contributed by atoms with Crippen LogP contribution in [0.2, 0.25) is 0 Å². The third kappa shape index (κ3) is 2.34. The molecule has 1 N–H and O–H groups in total. The van der Waals surface area contributed by atoms with E-state index < -0.39 is 4.92 Å². The Kier molecular flexibility index (Phi) is 3.59. The average Bonchev–Trinajstić information content (AvgIpc) is 2.74. The zero-order chi connectivity index (χ0) is 13.1. The summed E-state index contributed by atoms with van der Waals surface area (Å²) in [6.45, 7) is 2.13. The van der Waals surface area contributed by atoms with Crippen molar-refractivity contribution in [2.24, 2.45) is 5.92 Å². The molecule has 1 aromatic rings. The second-order valence-electron chi connectivity index (χ2n) is 4.50.